The van der Waals surface area contributed by atoms with Gasteiger partial charge in [-0.15, -0.1) is 0 Å². The average Bonchev–Trinajstić information content (AvgIpc) is 3.60. The maximum absolute atomic E-state index is 8.40. The molecule has 0 unspecified atom stereocenters. The molecule has 0 saturated heterocycles. The van der Waals surface area contributed by atoms with Crippen molar-refractivity contribution in [2.75, 3.05) is 4.90 Å². The minimum atomic E-state index is -0.869. The summed E-state index contributed by atoms with van der Waals surface area (Å²) < 4.78 is 48.1. The summed E-state index contributed by atoms with van der Waals surface area (Å²) in [6.45, 7) is -1.10. The quantitative estimate of drug-likeness (QED) is 0.145. The van der Waals surface area contributed by atoms with E-state index in [4.69, 9.17) is 8.22 Å². The molecule has 0 aromatic heterocycles. The van der Waals surface area contributed by atoms with E-state index in [1.165, 1.54) is 0 Å². The average molecular weight is 696 g/mol. The van der Waals surface area contributed by atoms with Crippen LogP contribution in [0.15, 0.2) is 213 Å². The van der Waals surface area contributed by atoms with Crippen LogP contribution in [0.2, 0.25) is 0 Å². The van der Waals surface area contributed by atoms with Gasteiger partial charge < -0.3 is 4.90 Å². The number of nitrogens with zero attached hydrogens (tertiary/aromatic N) is 1. The van der Waals surface area contributed by atoms with Gasteiger partial charge in [0.25, 0.3) is 0 Å². The van der Waals surface area contributed by atoms with Crippen LogP contribution in [-0.2, 0) is 5.41 Å². The molecule has 8 aromatic carbocycles. The lowest BCUT2D eigenvalue weighted by Gasteiger charge is -2.35. The molecule has 0 bridgehead atoms. The van der Waals surface area contributed by atoms with E-state index < -0.39 is 18.5 Å². The highest BCUT2D eigenvalue weighted by atomic mass is 15.1. The zero-order valence-corrected chi connectivity index (χ0v) is 29.5. The Balaban J connectivity index is 1.27. The molecule has 0 saturated carbocycles. The lowest BCUT2D eigenvalue weighted by Crippen LogP contribution is -2.29. The molecule has 1 aliphatic carbocycles. The zero-order chi connectivity index (χ0) is 41.4. The van der Waals surface area contributed by atoms with Crippen molar-refractivity contribution in [1.82, 2.24) is 0 Å². The Hall–Kier alpha value is -6.96. The van der Waals surface area contributed by atoms with Crippen molar-refractivity contribution in [3.63, 3.8) is 0 Å². The van der Waals surface area contributed by atoms with Gasteiger partial charge in [0.15, 0.2) is 0 Å². The summed E-state index contributed by atoms with van der Waals surface area (Å²) in [6, 6.07) is 68.0. The van der Waals surface area contributed by atoms with Crippen molar-refractivity contribution in [2.45, 2.75) is 5.41 Å². The molecule has 0 N–H and O–H groups in total. The van der Waals surface area contributed by atoms with Crippen LogP contribution in [-0.4, -0.2) is 0 Å². The molecule has 0 amide bonds. The number of hydrogen-bond donors (Lipinski definition) is 0. The Morgan fingerprint density at radius 2 is 0.833 bits per heavy atom. The van der Waals surface area contributed by atoms with Crippen LogP contribution in [0.1, 0.15) is 41.6 Å². The largest absolute Gasteiger partial charge is 0.310 e. The monoisotopic (exact) mass is 695 g/mol. The smallest absolute Gasteiger partial charge is 0.0714 e. The normalized spacial score (nSPS) is 13.8. The van der Waals surface area contributed by atoms with Crippen LogP contribution in [0.25, 0.3) is 45.5 Å². The number of benzene rings is 8. The first-order valence-corrected chi connectivity index (χ1v) is 18.1. The van der Waals surface area contributed by atoms with Crippen molar-refractivity contribution in [2.24, 2.45) is 0 Å². The van der Waals surface area contributed by atoms with E-state index in [-0.39, 0.29) is 12.1 Å². The molecule has 1 heteroatoms. The zero-order valence-electron chi connectivity index (χ0n) is 35.5. The van der Waals surface area contributed by atoms with Crippen LogP contribution < -0.4 is 4.90 Å². The van der Waals surface area contributed by atoms with Gasteiger partial charge in [-0.2, -0.15) is 0 Å². The van der Waals surface area contributed by atoms with Gasteiger partial charge in [-0.1, -0.05) is 189 Å². The summed E-state index contributed by atoms with van der Waals surface area (Å²) in [5.74, 6) is 0. The maximum atomic E-state index is 8.40. The van der Waals surface area contributed by atoms with Gasteiger partial charge in [0.1, 0.15) is 0 Å². The fraction of sp³-hybridized carbons (Fsp3) is 0.0189. The molecule has 0 aliphatic heterocycles. The van der Waals surface area contributed by atoms with E-state index in [2.05, 4.69) is 138 Å². The Morgan fingerprint density at radius 1 is 0.407 bits per heavy atom. The first-order valence-electron chi connectivity index (χ1n) is 21.1. The molecule has 256 valence electrons. The van der Waals surface area contributed by atoms with Crippen molar-refractivity contribution in [3.05, 3.63) is 247 Å². The maximum Gasteiger partial charge on any atom is 0.0714 e. The van der Waals surface area contributed by atoms with E-state index in [9.17, 15) is 0 Å². The van der Waals surface area contributed by atoms with E-state index in [1.54, 1.807) is 0 Å². The molecule has 0 fully saturated rings. The second kappa shape index (κ2) is 13.9. The third kappa shape index (κ3) is 5.59. The molecule has 0 radical (unpaired) electrons. The fourth-order valence-corrected chi connectivity index (χ4v) is 8.12. The van der Waals surface area contributed by atoms with Crippen LogP contribution in [0, 0.1) is 0 Å². The van der Waals surface area contributed by atoms with E-state index >= 15 is 0 Å². The highest BCUT2D eigenvalue weighted by Crippen LogP contribution is 2.57. The topological polar surface area (TPSA) is 3.24 Å². The molecular formula is C53H39N. The molecule has 9 rings (SSSR count). The lowest BCUT2D eigenvalue weighted by atomic mass is 9.67. The van der Waals surface area contributed by atoms with Crippen LogP contribution in [0.4, 0.5) is 17.1 Å². The molecule has 54 heavy (non-hydrogen) atoms. The van der Waals surface area contributed by atoms with Gasteiger partial charge in [-0.3, -0.25) is 0 Å². The molecule has 0 heterocycles. The van der Waals surface area contributed by atoms with Gasteiger partial charge in [-0.05, 0) is 103 Å². The number of hydrogen-bond acceptors (Lipinski definition) is 1. The van der Waals surface area contributed by atoms with Crippen molar-refractivity contribution >= 4 is 29.2 Å². The van der Waals surface area contributed by atoms with Crippen LogP contribution in [0.5, 0.6) is 0 Å². The van der Waals surface area contributed by atoms with Crippen molar-refractivity contribution < 1.29 is 8.22 Å². The Labute approximate surface area is 326 Å². The van der Waals surface area contributed by atoms with Gasteiger partial charge in [0, 0.05) is 17.1 Å². The number of rotatable bonds is 9. The second-order valence-electron chi connectivity index (χ2n) is 13.6. The van der Waals surface area contributed by atoms with Crippen molar-refractivity contribution in [1.29, 1.82) is 0 Å². The highest BCUT2D eigenvalue weighted by molar-refractivity contribution is 5.90. The molecular weight excluding hydrogens is 651 g/mol. The summed E-state index contributed by atoms with van der Waals surface area (Å²) >= 11 is 0. The minimum absolute atomic E-state index is 0.155. The van der Waals surface area contributed by atoms with E-state index in [1.807, 2.05) is 66.7 Å². The van der Waals surface area contributed by atoms with Gasteiger partial charge >= 0.3 is 0 Å². The van der Waals surface area contributed by atoms with Crippen LogP contribution >= 0.6 is 0 Å². The Bertz CT molecular complexity index is 2730. The third-order valence-corrected chi connectivity index (χ3v) is 10.7. The predicted molar refractivity (Wildman–Crippen MR) is 229 cm³/mol. The standard InChI is InChI=1S/C53H39N/c1-3-38-19-27-44(28-20-38)53(45-29-21-39(4-2)22-30-45)51-18-12-11-17-49(51)50-36-35-48(37-52(50)53)54(46-31-23-42(24-32-46)40-13-7-5-8-14-40)47-33-25-43(26-34-47)41-15-9-6-10-16-41/h3-37H,1-2H2/i1D2,2D2,3D,4D. The molecule has 1 nitrogen and oxygen atoms in total. The summed E-state index contributed by atoms with van der Waals surface area (Å²) in [5, 5.41) is 0. The van der Waals surface area contributed by atoms with Gasteiger partial charge in [0.05, 0.1) is 13.6 Å². The molecule has 0 spiro atoms. The lowest BCUT2D eigenvalue weighted by molar-refractivity contribution is 0.768. The predicted octanol–water partition coefficient (Wildman–Crippen LogP) is 14.1. The number of fused-ring (bicyclic) bond motifs is 3. The first-order chi connectivity index (χ1) is 29.2. The first kappa shape index (κ1) is 26.8. The molecule has 1 aliphatic rings. The van der Waals surface area contributed by atoms with E-state index in [0.717, 1.165) is 72.7 Å². The van der Waals surface area contributed by atoms with Crippen LogP contribution in [0.3, 0.4) is 0 Å². The fourth-order valence-electron chi connectivity index (χ4n) is 8.12. The third-order valence-electron chi connectivity index (χ3n) is 10.7. The summed E-state index contributed by atoms with van der Waals surface area (Å²) in [6.07, 6.45) is 0. The second-order valence-corrected chi connectivity index (χ2v) is 13.6. The Morgan fingerprint density at radius 3 is 1.33 bits per heavy atom. The van der Waals surface area contributed by atoms with E-state index in [0.29, 0.717) is 11.1 Å². The van der Waals surface area contributed by atoms with Gasteiger partial charge in [0.2, 0.25) is 0 Å². The minimum Gasteiger partial charge on any atom is -0.310 e. The van der Waals surface area contributed by atoms with Crippen molar-refractivity contribution in [3.8, 4) is 33.4 Å². The number of anilines is 3. The SMILES string of the molecule is [2H]C([2H])=C([2H])c1ccc(C2(c3ccc(C([2H])=C([2H])[2H])cc3)c3ccccc3-c3ccc(N(c4ccc(-c5ccccc5)cc4)c4ccc(-c5ccccc5)cc4)cc32)cc1. The summed E-state index contributed by atoms with van der Waals surface area (Å²) in [4.78, 5) is 2.28. The van der Waals surface area contributed by atoms with Gasteiger partial charge in [-0.25, -0.2) is 0 Å². The Kier molecular flexibility index (Phi) is 6.88. The summed E-state index contributed by atoms with van der Waals surface area (Å²) in [5.41, 5.74) is 13.7. The molecule has 8 aromatic rings. The highest BCUT2D eigenvalue weighted by Gasteiger charge is 2.46. The summed E-state index contributed by atoms with van der Waals surface area (Å²) in [7, 11) is 0. The molecule has 0 atom stereocenters.